The minimum atomic E-state index is -0.956. The van der Waals surface area contributed by atoms with Gasteiger partial charge in [-0.05, 0) is 30.2 Å². The van der Waals surface area contributed by atoms with E-state index in [9.17, 15) is 4.79 Å². The maximum atomic E-state index is 10.6. The van der Waals surface area contributed by atoms with E-state index in [-0.39, 0.29) is 5.56 Å². The van der Waals surface area contributed by atoms with Crippen LogP contribution in [0.2, 0.25) is 0 Å². The van der Waals surface area contributed by atoms with Gasteiger partial charge in [0, 0.05) is 0 Å². The molecule has 1 atom stereocenters. The van der Waals surface area contributed by atoms with Crippen LogP contribution in [0.4, 0.5) is 0 Å². The smallest absolute Gasteiger partial charge is 0.335 e. The van der Waals surface area contributed by atoms with Crippen molar-refractivity contribution in [2.24, 2.45) is 5.90 Å². The summed E-state index contributed by atoms with van der Waals surface area (Å²) in [6.45, 7) is 5.53. The van der Waals surface area contributed by atoms with Crippen molar-refractivity contribution in [1.29, 1.82) is 0 Å². The molecule has 0 aliphatic heterocycles. The molecule has 0 fully saturated rings. The highest BCUT2D eigenvalue weighted by atomic mass is 16.6. The lowest BCUT2D eigenvalue weighted by molar-refractivity contribution is 0.0695. The average Bonchev–Trinajstić information content (AvgIpc) is 2.19. The first kappa shape index (κ1) is 11.4. The van der Waals surface area contributed by atoms with Crippen molar-refractivity contribution in [3.63, 3.8) is 0 Å². The van der Waals surface area contributed by atoms with E-state index in [0.717, 1.165) is 11.1 Å². The molecule has 15 heavy (non-hydrogen) atoms. The van der Waals surface area contributed by atoms with Gasteiger partial charge in [0.15, 0.2) is 0 Å². The highest BCUT2D eigenvalue weighted by Gasteiger charge is 2.12. The fraction of sp³-hybridized carbons (Fsp3) is 0.182. The summed E-state index contributed by atoms with van der Waals surface area (Å²) in [4.78, 5) is 15.4. The SMILES string of the molecule is C=C(C)C(ON)c1ccc(C(=O)O)cc1. The lowest BCUT2D eigenvalue weighted by atomic mass is 10.0. The second kappa shape index (κ2) is 4.72. The Hall–Kier alpha value is -1.65. The van der Waals surface area contributed by atoms with Crippen LogP contribution in [0.5, 0.6) is 0 Å². The fourth-order valence-electron chi connectivity index (χ4n) is 1.28. The summed E-state index contributed by atoms with van der Waals surface area (Å²) in [5.74, 6) is 4.17. The van der Waals surface area contributed by atoms with Gasteiger partial charge in [-0.3, -0.25) is 4.84 Å². The van der Waals surface area contributed by atoms with E-state index < -0.39 is 12.1 Å². The third-order valence-corrected chi connectivity index (χ3v) is 2.04. The molecule has 0 radical (unpaired) electrons. The van der Waals surface area contributed by atoms with E-state index in [0.29, 0.717) is 0 Å². The van der Waals surface area contributed by atoms with Crippen LogP contribution in [0.1, 0.15) is 28.9 Å². The first-order chi connectivity index (χ1) is 7.06. The fourth-order valence-corrected chi connectivity index (χ4v) is 1.28. The van der Waals surface area contributed by atoms with Crippen molar-refractivity contribution in [3.05, 3.63) is 47.5 Å². The van der Waals surface area contributed by atoms with Crippen LogP contribution in [-0.4, -0.2) is 11.1 Å². The van der Waals surface area contributed by atoms with Crippen LogP contribution in [0, 0.1) is 0 Å². The van der Waals surface area contributed by atoms with Crippen LogP contribution in [0.25, 0.3) is 0 Å². The molecule has 1 unspecified atom stereocenters. The Kier molecular flexibility index (Phi) is 3.60. The van der Waals surface area contributed by atoms with E-state index in [4.69, 9.17) is 15.8 Å². The molecule has 80 valence electrons. The molecule has 0 bridgehead atoms. The molecule has 0 saturated carbocycles. The maximum Gasteiger partial charge on any atom is 0.335 e. The van der Waals surface area contributed by atoms with Gasteiger partial charge in [-0.15, -0.1) is 0 Å². The standard InChI is InChI=1S/C11H13NO3/c1-7(2)10(15-12)8-3-5-9(6-4-8)11(13)14/h3-6,10H,1,12H2,2H3,(H,13,14). The van der Waals surface area contributed by atoms with Crippen LogP contribution in [0.3, 0.4) is 0 Å². The predicted octanol–water partition coefficient (Wildman–Crippen LogP) is 1.89. The summed E-state index contributed by atoms with van der Waals surface area (Å²) in [5.41, 5.74) is 1.78. The average molecular weight is 207 g/mol. The molecule has 0 aliphatic rings. The molecule has 3 N–H and O–H groups in total. The Labute approximate surface area is 87.9 Å². The minimum absolute atomic E-state index is 0.233. The van der Waals surface area contributed by atoms with Gasteiger partial charge in [-0.25, -0.2) is 10.7 Å². The Morgan fingerprint density at radius 2 is 2.00 bits per heavy atom. The van der Waals surface area contributed by atoms with Crippen LogP contribution >= 0.6 is 0 Å². The Morgan fingerprint density at radius 3 is 2.33 bits per heavy atom. The van der Waals surface area contributed by atoms with E-state index in [1.165, 1.54) is 12.1 Å². The normalized spacial score (nSPS) is 12.1. The topological polar surface area (TPSA) is 72.5 Å². The van der Waals surface area contributed by atoms with Gasteiger partial charge in [0.25, 0.3) is 0 Å². The van der Waals surface area contributed by atoms with Crippen molar-refractivity contribution in [2.45, 2.75) is 13.0 Å². The van der Waals surface area contributed by atoms with Crippen molar-refractivity contribution in [3.8, 4) is 0 Å². The molecule has 0 spiro atoms. The molecule has 1 aromatic carbocycles. The third kappa shape index (κ3) is 2.65. The van der Waals surface area contributed by atoms with Gasteiger partial charge in [0.1, 0.15) is 6.10 Å². The van der Waals surface area contributed by atoms with E-state index >= 15 is 0 Å². The largest absolute Gasteiger partial charge is 0.478 e. The van der Waals surface area contributed by atoms with Crippen molar-refractivity contribution < 1.29 is 14.7 Å². The number of nitrogens with two attached hydrogens (primary N) is 1. The van der Waals surface area contributed by atoms with Gasteiger partial charge in [-0.2, -0.15) is 0 Å². The van der Waals surface area contributed by atoms with E-state index in [1.807, 2.05) is 0 Å². The van der Waals surface area contributed by atoms with Crippen LogP contribution < -0.4 is 5.90 Å². The highest BCUT2D eigenvalue weighted by Crippen LogP contribution is 2.22. The van der Waals surface area contributed by atoms with Gasteiger partial charge in [-0.1, -0.05) is 18.7 Å². The monoisotopic (exact) mass is 207 g/mol. The zero-order valence-electron chi connectivity index (χ0n) is 8.43. The van der Waals surface area contributed by atoms with Gasteiger partial charge < -0.3 is 5.11 Å². The number of aromatic carboxylic acids is 1. The molecule has 0 aromatic heterocycles. The van der Waals surface area contributed by atoms with Gasteiger partial charge in [0.05, 0.1) is 5.56 Å². The van der Waals surface area contributed by atoms with E-state index in [2.05, 4.69) is 6.58 Å². The predicted molar refractivity (Wildman–Crippen MR) is 56.2 cm³/mol. The molecule has 0 amide bonds. The Balaban J connectivity index is 2.97. The van der Waals surface area contributed by atoms with Gasteiger partial charge in [0.2, 0.25) is 0 Å². The first-order valence-electron chi connectivity index (χ1n) is 4.40. The summed E-state index contributed by atoms with van der Waals surface area (Å²) in [6.07, 6.45) is -0.396. The summed E-state index contributed by atoms with van der Waals surface area (Å²) in [5, 5.41) is 8.71. The summed E-state index contributed by atoms with van der Waals surface area (Å²) < 4.78 is 0. The summed E-state index contributed by atoms with van der Waals surface area (Å²) in [7, 11) is 0. The van der Waals surface area contributed by atoms with Crippen molar-refractivity contribution in [1.82, 2.24) is 0 Å². The van der Waals surface area contributed by atoms with Crippen LogP contribution in [0.15, 0.2) is 36.4 Å². The minimum Gasteiger partial charge on any atom is -0.478 e. The lowest BCUT2D eigenvalue weighted by Crippen LogP contribution is -2.10. The number of benzene rings is 1. The Morgan fingerprint density at radius 1 is 1.47 bits per heavy atom. The molecule has 4 heteroatoms. The second-order valence-corrected chi connectivity index (χ2v) is 3.29. The zero-order chi connectivity index (χ0) is 11.4. The molecule has 1 aromatic rings. The zero-order valence-corrected chi connectivity index (χ0v) is 8.43. The quantitative estimate of drug-likeness (QED) is 0.584. The summed E-state index contributed by atoms with van der Waals surface area (Å²) >= 11 is 0. The number of hydrogen-bond donors (Lipinski definition) is 2. The number of carboxylic acid groups (broad SMARTS) is 1. The third-order valence-electron chi connectivity index (χ3n) is 2.04. The Bertz CT molecular complexity index is 370. The molecule has 0 heterocycles. The van der Waals surface area contributed by atoms with Gasteiger partial charge >= 0.3 is 5.97 Å². The number of carbonyl (C=O) groups is 1. The molecule has 1 rings (SSSR count). The summed E-state index contributed by atoms with van der Waals surface area (Å²) in [6, 6.07) is 6.34. The van der Waals surface area contributed by atoms with Crippen molar-refractivity contribution in [2.75, 3.05) is 0 Å². The van der Waals surface area contributed by atoms with E-state index in [1.54, 1.807) is 19.1 Å². The molecule has 4 nitrogen and oxygen atoms in total. The number of hydrogen-bond acceptors (Lipinski definition) is 3. The second-order valence-electron chi connectivity index (χ2n) is 3.29. The maximum absolute atomic E-state index is 10.6. The lowest BCUT2D eigenvalue weighted by Gasteiger charge is -2.14. The molecule has 0 saturated heterocycles. The molecule has 0 aliphatic carbocycles. The van der Waals surface area contributed by atoms with Crippen molar-refractivity contribution >= 4 is 5.97 Å². The van der Waals surface area contributed by atoms with Crippen LogP contribution in [-0.2, 0) is 4.84 Å². The molecular weight excluding hydrogens is 194 g/mol. The first-order valence-corrected chi connectivity index (χ1v) is 4.40. The highest BCUT2D eigenvalue weighted by molar-refractivity contribution is 5.87. The number of rotatable bonds is 4. The number of carboxylic acids is 1. The molecular formula is C11H13NO3.